The number of nitrogens with zero attached hydrogens (tertiary/aromatic N) is 4. The van der Waals surface area contributed by atoms with Gasteiger partial charge in [0.05, 0.1) is 4.90 Å². The molecule has 0 saturated carbocycles. The molecule has 1 aliphatic rings. The second-order valence-corrected chi connectivity index (χ2v) is 8.15. The van der Waals surface area contributed by atoms with Crippen molar-refractivity contribution in [2.75, 3.05) is 33.2 Å². The van der Waals surface area contributed by atoms with Crippen molar-refractivity contribution < 1.29 is 8.42 Å². The molecule has 0 aliphatic carbocycles. The number of sulfonamides is 1. The molecule has 9 heteroatoms. The summed E-state index contributed by atoms with van der Waals surface area (Å²) in [6, 6.07) is 6.83. The highest BCUT2D eigenvalue weighted by molar-refractivity contribution is 7.89. The van der Waals surface area contributed by atoms with Crippen molar-refractivity contribution in [2.45, 2.75) is 18.4 Å². The minimum Gasteiger partial charge on any atom is -0.304 e. The molecule has 2 aromatic rings. The van der Waals surface area contributed by atoms with Crippen LogP contribution in [-0.2, 0) is 16.6 Å². The molecule has 0 radical (unpaired) electrons. The molecule has 0 spiro atoms. The van der Waals surface area contributed by atoms with Crippen LogP contribution in [0.3, 0.4) is 0 Å². The Balaban J connectivity index is 1.87. The number of aromatic amines is 1. The van der Waals surface area contributed by atoms with E-state index in [0.29, 0.717) is 35.1 Å². The van der Waals surface area contributed by atoms with Crippen LogP contribution in [0, 0.1) is 4.77 Å². The van der Waals surface area contributed by atoms with Crippen molar-refractivity contribution in [3.8, 4) is 11.4 Å². The van der Waals surface area contributed by atoms with E-state index in [1.807, 2.05) is 18.5 Å². The van der Waals surface area contributed by atoms with Gasteiger partial charge in [0, 0.05) is 38.3 Å². The molecular weight excluding hydrogens is 346 g/mol. The third-order valence-electron chi connectivity index (χ3n) is 4.29. The Morgan fingerprint density at radius 1 is 1.17 bits per heavy atom. The molecule has 7 nitrogen and oxygen atoms in total. The Labute approximate surface area is 147 Å². The lowest BCUT2D eigenvalue weighted by Crippen LogP contribution is -2.46. The van der Waals surface area contributed by atoms with Crippen LogP contribution in [0.4, 0.5) is 0 Å². The highest BCUT2D eigenvalue weighted by atomic mass is 32.2. The van der Waals surface area contributed by atoms with E-state index in [1.165, 1.54) is 0 Å². The molecule has 1 aromatic heterocycles. The van der Waals surface area contributed by atoms with Crippen molar-refractivity contribution in [3.63, 3.8) is 0 Å². The zero-order chi connectivity index (χ0) is 17.3. The van der Waals surface area contributed by atoms with Crippen molar-refractivity contribution in [1.29, 1.82) is 0 Å². The van der Waals surface area contributed by atoms with Gasteiger partial charge < -0.3 is 9.47 Å². The predicted octanol–water partition coefficient (Wildman–Crippen LogP) is 1.56. The fourth-order valence-electron chi connectivity index (χ4n) is 2.78. The molecule has 0 bridgehead atoms. The molecule has 130 valence electrons. The smallest absolute Gasteiger partial charge is 0.243 e. The Morgan fingerprint density at radius 2 is 1.79 bits per heavy atom. The van der Waals surface area contributed by atoms with Gasteiger partial charge in [-0.1, -0.05) is 0 Å². The van der Waals surface area contributed by atoms with Crippen LogP contribution in [0.2, 0.25) is 0 Å². The summed E-state index contributed by atoms with van der Waals surface area (Å²) >= 11 is 5.19. The third kappa shape index (κ3) is 3.16. The van der Waals surface area contributed by atoms with Gasteiger partial charge in [0.25, 0.3) is 0 Å². The Morgan fingerprint density at radius 3 is 2.38 bits per heavy atom. The largest absolute Gasteiger partial charge is 0.304 e. The summed E-state index contributed by atoms with van der Waals surface area (Å²) in [5, 5.41) is 7.00. The number of rotatable bonds is 4. The first-order chi connectivity index (χ1) is 11.4. The first-order valence-corrected chi connectivity index (χ1v) is 9.72. The van der Waals surface area contributed by atoms with Crippen molar-refractivity contribution in [3.05, 3.63) is 29.0 Å². The second-order valence-electron chi connectivity index (χ2n) is 5.83. The molecule has 0 atom stereocenters. The molecule has 1 aromatic carbocycles. The summed E-state index contributed by atoms with van der Waals surface area (Å²) in [6.45, 7) is 5.24. The van der Waals surface area contributed by atoms with E-state index in [2.05, 4.69) is 15.1 Å². The van der Waals surface area contributed by atoms with Gasteiger partial charge in [-0.2, -0.15) is 9.40 Å². The maximum Gasteiger partial charge on any atom is 0.243 e. The average molecular weight is 368 g/mol. The molecule has 3 rings (SSSR count). The van der Waals surface area contributed by atoms with Crippen LogP contribution < -0.4 is 0 Å². The monoisotopic (exact) mass is 367 g/mol. The topological polar surface area (TPSA) is 74.2 Å². The third-order valence-corrected chi connectivity index (χ3v) is 6.51. The highest BCUT2D eigenvalue weighted by Crippen LogP contribution is 2.22. The van der Waals surface area contributed by atoms with E-state index in [-0.39, 0.29) is 0 Å². The lowest BCUT2D eigenvalue weighted by atomic mass is 10.2. The zero-order valence-electron chi connectivity index (χ0n) is 13.8. The van der Waals surface area contributed by atoms with E-state index in [4.69, 9.17) is 12.2 Å². The van der Waals surface area contributed by atoms with Gasteiger partial charge in [-0.3, -0.25) is 5.10 Å². The summed E-state index contributed by atoms with van der Waals surface area (Å²) in [5.41, 5.74) is 0.835. The number of nitrogens with one attached hydrogen (secondary N) is 1. The number of hydrogen-bond donors (Lipinski definition) is 1. The summed E-state index contributed by atoms with van der Waals surface area (Å²) in [5.74, 6) is 0.714. The van der Waals surface area contributed by atoms with E-state index < -0.39 is 10.0 Å². The first-order valence-electron chi connectivity index (χ1n) is 7.88. The Bertz CT molecular complexity index is 862. The van der Waals surface area contributed by atoms with Crippen LogP contribution >= 0.6 is 12.2 Å². The molecule has 1 saturated heterocycles. The minimum absolute atomic E-state index is 0.313. The fraction of sp³-hybridized carbons (Fsp3) is 0.467. The normalized spacial score (nSPS) is 17.2. The maximum atomic E-state index is 12.7. The quantitative estimate of drug-likeness (QED) is 0.830. The molecule has 0 unspecified atom stereocenters. The predicted molar refractivity (Wildman–Crippen MR) is 94.8 cm³/mol. The van der Waals surface area contributed by atoms with Crippen molar-refractivity contribution in [1.82, 2.24) is 24.0 Å². The van der Waals surface area contributed by atoms with Crippen LogP contribution in [0.5, 0.6) is 0 Å². The molecule has 2 heterocycles. The summed E-state index contributed by atoms with van der Waals surface area (Å²) in [4.78, 5) is 2.44. The number of H-pyrrole nitrogens is 1. The van der Waals surface area contributed by atoms with Crippen LogP contribution in [0.1, 0.15) is 6.92 Å². The van der Waals surface area contributed by atoms with Crippen LogP contribution in [-0.4, -0.2) is 65.6 Å². The van der Waals surface area contributed by atoms with Gasteiger partial charge in [-0.15, -0.1) is 0 Å². The number of hydrogen-bond acceptors (Lipinski definition) is 5. The van der Waals surface area contributed by atoms with E-state index in [9.17, 15) is 8.42 Å². The fourth-order valence-corrected chi connectivity index (χ4v) is 4.47. The first kappa shape index (κ1) is 17.3. The van der Waals surface area contributed by atoms with Gasteiger partial charge in [-0.25, -0.2) is 8.42 Å². The standard InChI is InChI=1S/C15H21N5O2S2/c1-3-20-14(16-17-15(20)23)12-4-6-13(7-5-12)24(21,22)19-10-8-18(2)9-11-19/h4-7H,3,8-11H2,1-2H3,(H,17,23). The Hall–Kier alpha value is -1.55. The summed E-state index contributed by atoms with van der Waals surface area (Å²) in [6.07, 6.45) is 0. The van der Waals surface area contributed by atoms with Crippen LogP contribution in [0.25, 0.3) is 11.4 Å². The Kier molecular flexibility index (Phi) is 4.86. The zero-order valence-corrected chi connectivity index (χ0v) is 15.4. The molecule has 1 N–H and O–H groups in total. The SMILES string of the molecule is CCn1c(-c2ccc(S(=O)(=O)N3CCN(C)CC3)cc2)n[nH]c1=S. The molecule has 0 amide bonds. The molecular formula is C15H21N5O2S2. The molecule has 1 fully saturated rings. The minimum atomic E-state index is -3.44. The number of piperazine rings is 1. The van der Waals surface area contributed by atoms with E-state index >= 15 is 0 Å². The van der Waals surface area contributed by atoms with Gasteiger partial charge in [0.2, 0.25) is 10.0 Å². The maximum absolute atomic E-state index is 12.7. The van der Waals surface area contributed by atoms with Gasteiger partial charge in [0.1, 0.15) is 0 Å². The van der Waals surface area contributed by atoms with E-state index in [1.54, 1.807) is 28.6 Å². The number of likely N-dealkylation sites (N-methyl/N-ethyl adjacent to an activating group) is 1. The lowest BCUT2D eigenvalue weighted by Gasteiger charge is -2.31. The van der Waals surface area contributed by atoms with Crippen molar-refractivity contribution in [2.24, 2.45) is 0 Å². The van der Waals surface area contributed by atoms with Gasteiger partial charge >= 0.3 is 0 Å². The summed E-state index contributed by atoms with van der Waals surface area (Å²) < 4.78 is 29.4. The number of aromatic nitrogens is 3. The lowest BCUT2D eigenvalue weighted by molar-refractivity contribution is 0.222. The summed E-state index contributed by atoms with van der Waals surface area (Å²) in [7, 11) is -1.44. The second kappa shape index (κ2) is 6.75. The number of benzene rings is 1. The van der Waals surface area contributed by atoms with Gasteiger partial charge in [-0.05, 0) is 50.5 Å². The average Bonchev–Trinajstić information content (AvgIpc) is 2.96. The molecule has 24 heavy (non-hydrogen) atoms. The van der Waals surface area contributed by atoms with Gasteiger partial charge in [0.15, 0.2) is 10.6 Å². The molecule has 1 aliphatic heterocycles. The van der Waals surface area contributed by atoms with E-state index in [0.717, 1.165) is 18.7 Å². The van der Waals surface area contributed by atoms with Crippen LogP contribution in [0.15, 0.2) is 29.2 Å². The van der Waals surface area contributed by atoms with Crippen molar-refractivity contribution >= 4 is 22.2 Å². The highest BCUT2D eigenvalue weighted by Gasteiger charge is 2.27.